The number of rotatable bonds is 6. The average Bonchev–Trinajstić information content (AvgIpc) is 2.77. The number of nitrogens with one attached hydrogen (secondary N) is 1. The zero-order valence-electron chi connectivity index (χ0n) is 16.4. The quantitative estimate of drug-likeness (QED) is 0.466. The van der Waals surface area contributed by atoms with Gasteiger partial charge in [0.25, 0.3) is 5.91 Å². The van der Waals surface area contributed by atoms with Gasteiger partial charge in [-0.15, -0.1) is 0 Å². The van der Waals surface area contributed by atoms with Gasteiger partial charge in [0.2, 0.25) is 5.91 Å². The molecular formula is C26H22N2O2. The SMILES string of the molecule is NC(=O)[C@H](C/C=C/c1ccccc1)NC(=O)c1c2ccccc2cc2ccccc12. The second kappa shape index (κ2) is 8.62. The number of fused-ring (bicyclic) bond motifs is 2. The second-order valence-corrected chi connectivity index (χ2v) is 7.17. The van der Waals surface area contributed by atoms with E-state index in [4.69, 9.17) is 5.73 Å². The van der Waals surface area contributed by atoms with Gasteiger partial charge in [-0.2, -0.15) is 0 Å². The molecule has 0 aromatic heterocycles. The van der Waals surface area contributed by atoms with Gasteiger partial charge in [0.1, 0.15) is 6.04 Å². The van der Waals surface area contributed by atoms with Gasteiger partial charge in [0, 0.05) is 0 Å². The molecule has 4 aromatic rings. The normalized spacial score (nSPS) is 12.3. The molecule has 0 saturated carbocycles. The maximum absolute atomic E-state index is 13.3. The lowest BCUT2D eigenvalue weighted by atomic mass is 9.96. The van der Waals surface area contributed by atoms with Crippen LogP contribution >= 0.6 is 0 Å². The summed E-state index contributed by atoms with van der Waals surface area (Å²) in [5.74, 6) is -0.870. The number of primary amides is 1. The minimum atomic E-state index is -0.796. The van der Waals surface area contributed by atoms with Crippen LogP contribution in [-0.2, 0) is 4.79 Å². The van der Waals surface area contributed by atoms with Crippen molar-refractivity contribution in [2.24, 2.45) is 5.73 Å². The predicted octanol–water partition coefficient (Wildman–Crippen LogP) is 4.68. The van der Waals surface area contributed by atoms with Gasteiger partial charge >= 0.3 is 0 Å². The van der Waals surface area contributed by atoms with Crippen molar-refractivity contribution in [3.63, 3.8) is 0 Å². The third-order valence-corrected chi connectivity index (χ3v) is 5.13. The van der Waals surface area contributed by atoms with Gasteiger partial charge in [0.15, 0.2) is 0 Å². The van der Waals surface area contributed by atoms with E-state index in [-0.39, 0.29) is 5.91 Å². The van der Waals surface area contributed by atoms with Crippen molar-refractivity contribution in [1.82, 2.24) is 5.32 Å². The number of carbonyl (C=O) groups excluding carboxylic acids is 2. The predicted molar refractivity (Wildman–Crippen MR) is 122 cm³/mol. The van der Waals surface area contributed by atoms with Crippen LogP contribution < -0.4 is 11.1 Å². The summed E-state index contributed by atoms with van der Waals surface area (Å²) in [6.45, 7) is 0. The van der Waals surface area contributed by atoms with Crippen molar-refractivity contribution in [2.75, 3.05) is 0 Å². The Bertz CT molecular complexity index is 1190. The molecule has 0 aliphatic rings. The topological polar surface area (TPSA) is 72.2 Å². The molecule has 1 atom stereocenters. The molecule has 4 rings (SSSR count). The highest BCUT2D eigenvalue weighted by molar-refractivity contribution is 6.18. The Balaban J connectivity index is 1.65. The van der Waals surface area contributed by atoms with E-state index in [0.29, 0.717) is 12.0 Å². The van der Waals surface area contributed by atoms with Crippen LogP contribution in [0.5, 0.6) is 0 Å². The molecule has 0 spiro atoms. The van der Waals surface area contributed by atoms with E-state index in [1.54, 1.807) is 0 Å². The average molecular weight is 394 g/mol. The molecule has 148 valence electrons. The molecule has 0 fully saturated rings. The van der Waals surface area contributed by atoms with Gasteiger partial charge in [-0.3, -0.25) is 9.59 Å². The minimum absolute atomic E-state index is 0.306. The summed E-state index contributed by atoms with van der Waals surface area (Å²) in [4.78, 5) is 25.3. The van der Waals surface area contributed by atoms with Crippen LogP contribution in [0.3, 0.4) is 0 Å². The monoisotopic (exact) mass is 394 g/mol. The summed E-state index contributed by atoms with van der Waals surface area (Å²) in [7, 11) is 0. The molecule has 4 aromatic carbocycles. The molecular weight excluding hydrogens is 372 g/mol. The van der Waals surface area contributed by atoms with Gasteiger partial charge in [-0.25, -0.2) is 0 Å². The van der Waals surface area contributed by atoms with Crippen molar-refractivity contribution in [3.05, 3.63) is 102 Å². The van der Waals surface area contributed by atoms with Crippen LogP contribution in [0, 0.1) is 0 Å². The van der Waals surface area contributed by atoms with Crippen LogP contribution in [0.15, 0.2) is 91.0 Å². The minimum Gasteiger partial charge on any atom is -0.368 e. The number of benzene rings is 4. The first-order chi connectivity index (χ1) is 14.6. The van der Waals surface area contributed by atoms with Gasteiger partial charge in [0.05, 0.1) is 5.56 Å². The summed E-state index contributed by atoms with van der Waals surface area (Å²) in [6, 6.07) is 26.5. The highest BCUT2D eigenvalue weighted by atomic mass is 16.2. The van der Waals surface area contributed by atoms with Gasteiger partial charge < -0.3 is 11.1 Å². The van der Waals surface area contributed by atoms with Crippen LogP contribution in [-0.4, -0.2) is 17.9 Å². The zero-order chi connectivity index (χ0) is 20.9. The highest BCUT2D eigenvalue weighted by Gasteiger charge is 2.21. The number of hydrogen-bond donors (Lipinski definition) is 2. The Morgan fingerprint density at radius 2 is 1.40 bits per heavy atom. The third-order valence-electron chi connectivity index (χ3n) is 5.13. The zero-order valence-corrected chi connectivity index (χ0v) is 16.4. The van der Waals surface area contributed by atoms with E-state index in [1.807, 2.05) is 91.0 Å². The van der Waals surface area contributed by atoms with Gasteiger partial charge in [-0.1, -0.05) is 91.0 Å². The van der Waals surface area contributed by atoms with Gasteiger partial charge in [-0.05, 0) is 39.6 Å². The van der Waals surface area contributed by atoms with Crippen LogP contribution in [0.1, 0.15) is 22.3 Å². The smallest absolute Gasteiger partial charge is 0.253 e. The van der Waals surface area contributed by atoms with Crippen molar-refractivity contribution in [3.8, 4) is 0 Å². The standard InChI is InChI=1S/C26H22N2O2/c27-25(29)23(16-8-11-18-9-2-1-3-10-18)28-26(30)24-21-14-6-4-12-19(21)17-20-13-5-7-15-22(20)24/h1-15,17,23H,16H2,(H2,27,29)(H,28,30)/b11-8+/t23-/m0/s1. The Labute approximate surface area is 175 Å². The molecule has 3 N–H and O–H groups in total. The molecule has 2 amide bonds. The number of carbonyl (C=O) groups is 2. The van der Waals surface area contributed by atoms with Crippen LogP contribution in [0.25, 0.3) is 27.6 Å². The molecule has 0 radical (unpaired) electrons. The number of amides is 2. The molecule has 0 heterocycles. The summed E-state index contributed by atoms with van der Waals surface area (Å²) in [5, 5.41) is 6.47. The third kappa shape index (κ3) is 4.08. The maximum Gasteiger partial charge on any atom is 0.253 e. The Morgan fingerprint density at radius 1 is 0.833 bits per heavy atom. The molecule has 0 aliphatic carbocycles. The summed E-state index contributed by atoms with van der Waals surface area (Å²) in [6.07, 6.45) is 4.08. The van der Waals surface area contributed by atoms with E-state index in [1.165, 1.54) is 0 Å². The lowest BCUT2D eigenvalue weighted by molar-refractivity contribution is -0.119. The Hall–Kier alpha value is -3.92. The fourth-order valence-corrected chi connectivity index (χ4v) is 3.64. The van der Waals surface area contributed by atoms with E-state index in [2.05, 4.69) is 11.4 Å². The second-order valence-electron chi connectivity index (χ2n) is 7.17. The Kier molecular flexibility index (Phi) is 5.57. The number of hydrogen-bond acceptors (Lipinski definition) is 2. The molecule has 0 bridgehead atoms. The van der Waals surface area contributed by atoms with Crippen molar-refractivity contribution in [2.45, 2.75) is 12.5 Å². The molecule has 0 saturated heterocycles. The molecule has 4 nitrogen and oxygen atoms in total. The summed E-state index contributed by atoms with van der Waals surface area (Å²) in [5.41, 5.74) is 7.16. The molecule has 4 heteroatoms. The van der Waals surface area contributed by atoms with Crippen molar-refractivity contribution >= 4 is 39.4 Å². The first-order valence-electron chi connectivity index (χ1n) is 9.86. The lowest BCUT2D eigenvalue weighted by Crippen LogP contribution is -2.44. The van der Waals surface area contributed by atoms with Crippen LogP contribution in [0.2, 0.25) is 0 Å². The van der Waals surface area contributed by atoms with E-state index in [0.717, 1.165) is 27.1 Å². The van der Waals surface area contributed by atoms with Crippen molar-refractivity contribution < 1.29 is 9.59 Å². The van der Waals surface area contributed by atoms with E-state index < -0.39 is 11.9 Å². The lowest BCUT2D eigenvalue weighted by Gasteiger charge is -2.16. The molecule has 30 heavy (non-hydrogen) atoms. The largest absolute Gasteiger partial charge is 0.368 e. The maximum atomic E-state index is 13.3. The number of nitrogens with two attached hydrogens (primary N) is 1. The molecule has 0 aliphatic heterocycles. The first-order valence-corrected chi connectivity index (χ1v) is 9.86. The van der Waals surface area contributed by atoms with Crippen molar-refractivity contribution in [1.29, 1.82) is 0 Å². The summed E-state index contributed by atoms with van der Waals surface area (Å²) < 4.78 is 0. The first kappa shape index (κ1) is 19.4. The van der Waals surface area contributed by atoms with E-state index >= 15 is 0 Å². The summed E-state index contributed by atoms with van der Waals surface area (Å²) >= 11 is 0. The highest BCUT2D eigenvalue weighted by Crippen LogP contribution is 2.28. The van der Waals surface area contributed by atoms with Crippen LogP contribution in [0.4, 0.5) is 0 Å². The fraction of sp³-hybridized carbons (Fsp3) is 0.0769. The fourth-order valence-electron chi connectivity index (χ4n) is 3.64. The molecule has 0 unspecified atom stereocenters. The van der Waals surface area contributed by atoms with E-state index in [9.17, 15) is 9.59 Å². The Morgan fingerprint density at radius 3 is 2.00 bits per heavy atom.